The molecule has 4 rings (SSSR count). The standard InChI is InChI=1S/C18H17ClF2N4O2/c1-2-8-25-13(15(20)21)9-12(23-25)16(26)27-24-17-18(6-7-18)14-10(19)4-3-5-11(14)22-17/h3-5,9,15H,2,6-8H2,1H3,(H,22,24). The van der Waals surface area contributed by atoms with Gasteiger partial charge in [0.15, 0.2) is 5.69 Å². The molecule has 0 bridgehead atoms. The molecular formula is C18H17ClF2N4O2. The molecule has 0 saturated heterocycles. The topological polar surface area (TPSA) is 68.5 Å². The predicted octanol–water partition coefficient (Wildman–Crippen LogP) is 4.32. The molecule has 6 nitrogen and oxygen atoms in total. The Kier molecular flexibility index (Phi) is 4.38. The average Bonchev–Trinajstić information content (AvgIpc) is 3.18. The molecule has 1 aromatic heterocycles. The second kappa shape index (κ2) is 6.60. The van der Waals surface area contributed by atoms with Crippen molar-refractivity contribution in [3.8, 4) is 0 Å². The third-order valence-electron chi connectivity index (χ3n) is 4.83. The Balaban J connectivity index is 1.50. The van der Waals surface area contributed by atoms with Gasteiger partial charge in [-0.05, 0) is 31.4 Å². The van der Waals surface area contributed by atoms with Crippen molar-refractivity contribution in [1.82, 2.24) is 15.3 Å². The van der Waals surface area contributed by atoms with Crippen molar-refractivity contribution in [2.24, 2.45) is 4.99 Å². The van der Waals surface area contributed by atoms with E-state index in [1.54, 1.807) is 6.07 Å². The molecule has 1 fully saturated rings. The number of hydrogen-bond donors (Lipinski definition) is 1. The third kappa shape index (κ3) is 2.97. The van der Waals surface area contributed by atoms with Crippen molar-refractivity contribution in [2.45, 2.75) is 44.6 Å². The Labute approximate surface area is 159 Å². The number of halogens is 3. The molecule has 2 aliphatic rings. The van der Waals surface area contributed by atoms with Crippen LogP contribution >= 0.6 is 11.6 Å². The van der Waals surface area contributed by atoms with Crippen LogP contribution < -0.4 is 5.48 Å². The van der Waals surface area contributed by atoms with Crippen LogP contribution in [-0.4, -0.2) is 21.6 Å². The normalized spacial score (nSPS) is 16.4. The predicted molar refractivity (Wildman–Crippen MR) is 95.5 cm³/mol. The van der Waals surface area contributed by atoms with Gasteiger partial charge in [0, 0.05) is 23.2 Å². The monoisotopic (exact) mass is 394 g/mol. The maximum atomic E-state index is 13.1. The first-order valence-electron chi connectivity index (χ1n) is 8.67. The number of benzene rings is 1. The second-order valence-corrected chi connectivity index (χ2v) is 7.05. The lowest BCUT2D eigenvalue weighted by Gasteiger charge is -2.14. The van der Waals surface area contributed by atoms with Gasteiger partial charge < -0.3 is 4.84 Å². The molecule has 0 atom stereocenters. The molecule has 2 aromatic rings. The fraction of sp³-hybridized carbons (Fsp3) is 0.389. The number of alkyl halides is 2. The number of aryl methyl sites for hydroxylation is 1. The minimum atomic E-state index is -2.72. The summed E-state index contributed by atoms with van der Waals surface area (Å²) in [4.78, 5) is 21.9. The van der Waals surface area contributed by atoms with Crippen LogP contribution in [0.1, 0.15) is 54.4 Å². The van der Waals surface area contributed by atoms with Crippen LogP contribution in [-0.2, 0) is 16.8 Å². The second-order valence-electron chi connectivity index (χ2n) is 6.65. The molecule has 1 aliphatic carbocycles. The summed E-state index contributed by atoms with van der Waals surface area (Å²) in [5.74, 6) is -0.340. The summed E-state index contributed by atoms with van der Waals surface area (Å²) in [6.07, 6.45) is -0.419. The van der Waals surface area contributed by atoms with E-state index in [0.717, 1.165) is 34.8 Å². The van der Waals surface area contributed by atoms with Crippen molar-refractivity contribution in [3.63, 3.8) is 0 Å². The molecule has 1 spiro atoms. The van der Waals surface area contributed by atoms with Gasteiger partial charge in [0.25, 0.3) is 6.43 Å². The van der Waals surface area contributed by atoms with E-state index < -0.39 is 12.4 Å². The van der Waals surface area contributed by atoms with Crippen molar-refractivity contribution in [3.05, 3.63) is 46.2 Å². The molecule has 1 aromatic carbocycles. The zero-order valence-electron chi connectivity index (χ0n) is 14.5. The largest absolute Gasteiger partial charge is 0.383 e. The molecule has 1 aliphatic heterocycles. The van der Waals surface area contributed by atoms with Crippen LogP contribution in [0.5, 0.6) is 0 Å². The van der Waals surface area contributed by atoms with E-state index in [9.17, 15) is 13.6 Å². The van der Waals surface area contributed by atoms with Gasteiger partial charge in [0.1, 0.15) is 11.5 Å². The van der Waals surface area contributed by atoms with E-state index in [0.29, 0.717) is 23.8 Å². The van der Waals surface area contributed by atoms with Gasteiger partial charge >= 0.3 is 5.97 Å². The fourth-order valence-electron chi connectivity index (χ4n) is 3.40. The molecule has 142 valence electrons. The quantitative estimate of drug-likeness (QED) is 0.784. The highest BCUT2D eigenvalue weighted by molar-refractivity contribution is 6.32. The Hall–Kier alpha value is -2.48. The molecule has 0 unspecified atom stereocenters. The number of fused-ring (bicyclic) bond motifs is 2. The number of hydrogen-bond acceptors (Lipinski definition) is 5. The molecular weight excluding hydrogens is 378 g/mol. The highest BCUT2D eigenvalue weighted by Gasteiger charge is 2.55. The number of nitrogens with one attached hydrogen (secondary N) is 1. The zero-order valence-corrected chi connectivity index (χ0v) is 15.3. The molecule has 1 N–H and O–H groups in total. The zero-order chi connectivity index (χ0) is 19.2. The average molecular weight is 395 g/mol. The first-order valence-corrected chi connectivity index (χ1v) is 9.05. The molecule has 9 heteroatoms. The lowest BCUT2D eigenvalue weighted by molar-refractivity contribution is 0.0372. The van der Waals surface area contributed by atoms with E-state index in [1.807, 2.05) is 19.1 Å². The Bertz CT molecular complexity index is 937. The first-order chi connectivity index (χ1) is 13.0. The first kappa shape index (κ1) is 17.9. The number of aliphatic imine (C=N–C) groups is 1. The van der Waals surface area contributed by atoms with Crippen LogP contribution in [0, 0.1) is 0 Å². The highest BCUT2D eigenvalue weighted by atomic mass is 35.5. The molecule has 2 heterocycles. The summed E-state index contributed by atoms with van der Waals surface area (Å²) in [5.41, 5.74) is 3.43. The molecule has 0 radical (unpaired) electrons. The summed E-state index contributed by atoms with van der Waals surface area (Å²) in [6, 6.07) is 6.51. The van der Waals surface area contributed by atoms with Crippen LogP contribution in [0.15, 0.2) is 29.3 Å². The van der Waals surface area contributed by atoms with Crippen LogP contribution in [0.3, 0.4) is 0 Å². The lowest BCUT2D eigenvalue weighted by Crippen LogP contribution is -2.34. The Morgan fingerprint density at radius 2 is 2.22 bits per heavy atom. The van der Waals surface area contributed by atoms with E-state index in [-0.39, 0.29) is 16.8 Å². The fourth-order valence-corrected chi connectivity index (χ4v) is 3.75. The van der Waals surface area contributed by atoms with Gasteiger partial charge in [-0.2, -0.15) is 5.10 Å². The highest BCUT2D eigenvalue weighted by Crippen LogP contribution is 2.58. The minimum absolute atomic E-state index is 0.176. The third-order valence-corrected chi connectivity index (χ3v) is 5.14. The summed E-state index contributed by atoms with van der Waals surface area (Å²) in [7, 11) is 0. The van der Waals surface area contributed by atoms with Gasteiger partial charge in [-0.25, -0.2) is 24.0 Å². The maximum absolute atomic E-state index is 13.1. The number of nitrogens with zero attached hydrogens (tertiary/aromatic N) is 3. The van der Waals surface area contributed by atoms with Crippen molar-refractivity contribution < 1.29 is 18.4 Å². The van der Waals surface area contributed by atoms with Crippen molar-refractivity contribution in [1.29, 1.82) is 0 Å². The summed E-state index contributed by atoms with van der Waals surface area (Å²) in [6.45, 7) is 2.14. The maximum Gasteiger partial charge on any atom is 0.383 e. The summed E-state index contributed by atoms with van der Waals surface area (Å²) < 4.78 is 27.3. The van der Waals surface area contributed by atoms with Crippen LogP contribution in [0.4, 0.5) is 14.5 Å². The Morgan fingerprint density at radius 3 is 2.89 bits per heavy atom. The van der Waals surface area contributed by atoms with E-state index >= 15 is 0 Å². The van der Waals surface area contributed by atoms with Crippen LogP contribution in [0.25, 0.3) is 0 Å². The number of aromatic nitrogens is 2. The summed E-state index contributed by atoms with van der Waals surface area (Å²) >= 11 is 6.30. The van der Waals surface area contributed by atoms with Gasteiger partial charge in [-0.15, -0.1) is 0 Å². The minimum Gasteiger partial charge on any atom is -0.335 e. The number of carbonyl (C=O) groups is 1. The lowest BCUT2D eigenvalue weighted by atomic mass is 9.96. The van der Waals surface area contributed by atoms with Gasteiger partial charge in [0.2, 0.25) is 0 Å². The Morgan fingerprint density at radius 1 is 1.44 bits per heavy atom. The number of rotatable bonds is 4. The number of carbonyl (C=O) groups excluding carboxylic acids is 1. The SMILES string of the molecule is CCCn1nc(C(=O)ONC2=Nc3cccc(Cl)c3C23CC3)cc1C(F)F. The molecule has 27 heavy (non-hydrogen) atoms. The molecule has 0 amide bonds. The van der Waals surface area contributed by atoms with Crippen molar-refractivity contribution >= 4 is 29.1 Å². The molecule has 1 saturated carbocycles. The van der Waals surface area contributed by atoms with Gasteiger partial charge in [-0.3, -0.25) is 4.68 Å². The number of hydroxylamine groups is 1. The van der Waals surface area contributed by atoms with E-state index in [4.69, 9.17) is 16.4 Å². The van der Waals surface area contributed by atoms with E-state index in [2.05, 4.69) is 15.6 Å². The van der Waals surface area contributed by atoms with Crippen LogP contribution in [0.2, 0.25) is 5.02 Å². The smallest absolute Gasteiger partial charge is 0.335 e. The van der Waals surface area contributed by atoms with Crippen molar-refractivity contribution in [2.75, 3.05) is 0 Å². The summed E-state index contributed by atoms with van der Waals surface area (Å²) in [5, 5.41) is 4.56. The van der Waals surface area contributed by atoms with Gasteiger partial charge in [0.05, 0.1) is 11.1 Å². The number of amidine groups is 1. The van der Waals surface area contributed by atoms with E-state index in [1.165, 1.54) is 0 Å². The van der Waals surface area contributed by atoms with Gasteiger partial charge in [-0.1, -0.05) is 24.6 Å².